The molecule has 1 N–H and O–H groups in total. The maximum Gasteiger partial charge on any atom is 0.255 e. The van der Waals surface area contributed by atoms with Crippen molar-refractivity contribution < 1.29 is 9.53 Å². The summed E-state index contributed by atoms with van der Waals surface area (Å²) in [4.78, 5) is 17.8. The number of ether oxygens (including phenoxy) is 1. The minimum atomic E-state index is -0.189. The molecule has 2 aliphatic rings. The number of amides is 1. The molecule has 0 aromatic heterocycles. The van der Waals surface area contributed by atoms with Crippen LogP contribution in [0.4, 0.5) is 5.69 Å². The summed E-state index contributed by atoms with van der Waals surface area (Å²) in [6, 6.07) is 29.0. The van der Waals surface area contributed by atoms with Crippen LogP contribution in [-0.2, 0) is 10.3 Å². The second kappa shape index (κ2) is 11.3. The van der Waals surface area contributed by atoms with Crippen molar-refractivity contribution in [2.24, 2.45) is 0 Å². The fraction of sp³-hybridized carbons (Fsp3) is 0.387. The largest absolute Gasteiger partial charge is 0.370 e. The molecule has 2 heterocycles. The zero-order valence-electron chi connectivity index (χ0n) is 21.2. The molecule has 36 heavy (non-hydrogen) atoms. The molecule has 3 aromatic carbocycles. The molecule has 1 atom stereocenters. The van der Waals surface area contributed by atoms with Gasteiger partial charge in [0.2, 0.25) is 0 Å². The SMILES string of the molecule is CCCCOC1(c2ccccc2)CCN(CCN2c3ccccc3C(=O)NC2c2ccccc2)CC1. The molecular formula is C31H37N3O2. The molecule has 188 valence electrons. The van der Waals surface area contributed by atoms with Gasteiger partial charge in [-0.25, -0.2) is 0 Å². The van der Waals surface area contributed by atoms with Crippen LogP contribution in [0.5, 0.6) is 0 Å². The van der Waals surface area contributed by atoms with E-state index in [0.29, 0.717) is 0 Å². The molecule has 3 aromatic rings. The van der Waals surface area contributed by atoms with E-state index in [4.69, 9.17) is 4.74 Å². The molecule has 1 fully saturated rings. The van der Waals surface area contributed by atoms with Gasteiger partial charge in [-0.3, -0.25) is 4.79 Å². The summed E-state index contributed by atoms with van der Waals surface area (Å²) in [6.45, 7) is 6.80. The number of fused-ring (bicyclic) bond motifs is 1. The number of anilines is 1. The monoisotopic (exact) mass is 483 g/mol. The van der Waals surface area contributed by atoms with Crippen LogP contribution in [-0.4, -0.2) is 43.6 Å². The van der Waals surface area contributed by atoms with Gasteiger partial charge in [0.25, 0.3) is 5.91 Å². The Morgan fingerprint density at radius 2 is 1.56 bits per heavy atom. The van der Waals surface area contributed by atoms with Crippen LogP contribution < -0.4 is 10.2 Å². The van der Waals surface area contributed by atoms with Crippen molar-refractivity contribution in [3.8, 4) is 0 Å². The summed E-state index contributed by atoms with van der Waals surface area (Å²) in [5.74, 6) is -0.00875. The summed E-state index contributed by atoms with van der Waals surface area (Å²) in [5, 5.41) is 3.24. The van der Waals surface area contributed by atoms with Gasteiger partial charge in [0.15, 0.2) is 0 Å². The number of unbranched alkanes of at least 4 members (excludes halogenated alkanes) is 1. The van der Waals surface area contributed by atoms with Crippen molar-refractivity contribution in [3.05, 3.63) is 102 Å². The number of hydrogen-bond donors (Lipinski definition) is 1. The van der Waals surface area contributed by atoms with Gasteiger partial charge in [-0.1, -0.05) is 86.1 Å². The summed E-state index contributed by atoms with van der Waals surface area (Å²) < 4.78 is 6.59. The number of likely N-dealkylation sites (tertiary alicyclic amines) is 1. The first-order chi connectivity index (χ1) is 17.7. The lowest BCUT2D eigenvalue weighted by atomic mass is 9.84. The van der Waals surface area contributed by atoms with Crippen LogP contribution in [0.2, 0.25) is 0 Å². The minimum Gasteiger partial charge on any atom is -0.370 e. The number of nitrogens with zero attached hydrogens (tertiary/aromatic N) is 2. The molecule has 1 amide bonds. The van der Waals surface area contributed by atoms with Gasteiger partial charge >= 0.3 is 0 Å². The van der Waals surface area contributed by atoms with Gasteiger partial charge in [-0.2, -0.15) is 0 Å². The second-order valence-electron chi connectivity index (χ2n) is 9.90. The quantitative estimate of drug-likeness (QED) is 0.394. The van der Waals surface area contributed by atoms with Gasteiger partial charge in [0.05, 0.1) is 16.9 Å². The number of carbonyl (C=O) groups excluding carboxylic acids is 1. The van der Waals surface area contributed by atoms with Gasteiger partial charge in [0, 0.05) is 32.8 Å². The van der Waals surface area contributed by atoms with Crippen molar-refractivity contribution in [2.75, 3.05) is 37.7 Å². The average Bonchev–Trinajstić information content (AvgIpc) is 2.94. The normalized spacial score (nSPS) is 19.5. The van der Waals surface area contributed by atoms with Crippen molar-refractivity contribution in [1.82, 2.24) is 10.2 Å². The van der Waals surface area contributed by atoms with Crippen LogP contribution in [0, 0.1) is 0 Å². The van der Waals surface area contributed by atoms with Crippen molar-refractivity contribution in [2.45, 2.75) is 44.4 Å². The molecule has 1 unspecified atom stereocenters. The predicted molar refractivity (Wildman–Crippen MR) is 145 cm³/mol. The summed E-state index contributed by atoms with van der Waals surface area (Å²) >= 11 is 0. The highest BCUT2D eigenvalue weighted by Crippen LogP contribution is 2.38. The Hall–Kier alpha value is -3.15. The van der Waals surface area contributed by atoms with E-state index in [1.54, 1.807) is 0 Å². The predicted octanol–water partition coefficient (Wildman–Crippen LogP) is 5.74. The van der Waals surface area contributed by atoms with Crippen LogP contribution in [0.25, 0.3) is 0 Å². The van der Waals surface area contributed by atoms with E-state index < -0.39 is 0 Å². The van der Waals surface area contributed by atoms with Gasteiger partial charge in [-0.05, 0) is 42.5 Å². The fourth-order valence-corrected chi connectivity index (χ4v) is 5.54. The lowest BCUT2D eigenvalue weighted by molar-refractivity contribution is -0.0904. The van der Waals surface area contributed by atoms with E-state index in [2.05, 4.69) is 70.6 Å². The molecule has 0 radical (unpaired) electrons. The van der Waals surface area contributed by atoms with Crippen LogP contribution in [0.3, 0.4) is 0 Å². The number of nitrogens with one attached hydrogen (secondary N) is 1. The van der Waals surface area contributed by atoms with Gasteiger partial charge in [-0.15, -0.1) is 0 Å². The lowest BCUT2D eigenvalue weighted by Crippen LogP contribution is -2.51. The van der Waals surface area contributed by atoms with Crippen molar-refractivity contribution in [3.63, 3.8) is 0 Å². The molecule has 0 saturated carbocycles. The Kier molecular flexibility index (Phi) is 7.69. The third-order valence-corrected chi connectivity index (χ3v) is 7.65. The highest BCUT2D eigenvalue weighted by molar-refractivity contribution is 6.02. The first-order valence-electron chi connectivity index (χ1n) is 13.3. The fourth-order valence-electron chi connectivity index (χ4n) is 5.54. The molecule has 0 spiro atoms. The zero-order valence-corrected chi connectivity index (χ0v) is 21.2. The molecule has 0 aliphatic carbocycles. The van der Waals surface area contributed by atoms with E-state index in [0.717, 1.165) is 75.3 Å². The summed E-state index contributed by atoms with van der Waals surface area (Å²) in [5.41, 5.74) is 3.97. The number of rotatable bonds is 9. The molecule has 5 nitrogen and oxygen atoms in total. The summed E-state index contributed by atoms with van der Waals surface area (Å²) in [6.07, 6.45) is 4.07. The Morgan fingerprint density at radius 1 is 0.889 bits per heavy atom. The number of para-hydroxylation sites is 1. The van der Waals surface area contributed by atoms with E-state index in [1.165, 1.54) is 5.56 Å². The third-order valence-electron chi connectivity index (χ3n) is 7.65. The number of benzene rings is 3. The van der Waals surface area contributed by atoms with Crippen LogP contribution >= 0.6 is 0 Å². The summed E-state index contributed by atoms with van der Waals surface area (Å²) in [7, 11) is 0. The van der Waals surface area contributed by atoms with Gasteiger partial charge < -0.3 is 19.9 Å². The zero-order chi connectivity index (χ0) is 24.8. The van der Waals surface area contributed by atoms with Crippen LogP contribution in [0.1, 0.15) is 60.3 Å². The maximum absolute atomic E-state index is 12.9. The van der Waals surface area contributed by atoms with Crippen molar-refractivity contribution in [1.29, 1.82) is 0 Å². The first-order valence-corrected chi connectivity index (χ1v) is 13.3. The van der Waals surface area contributed by atoms with E-state index >= 15 is 0 Å². The number of hydrogen-bond acceptors (Lipinski definition) is 4. The van der Waals surface area contributed by atoms with Gasteiger partial charge in [0.1, 0.15) is 6.17 Å². The van der Waals surface area contributed by atoms with E-state index in [9.17, 15) is 4.79 Å². The Bertz CT molecular complexity index is 1130. The van der Waals surface area contributed by atoms with Crippen LogP contribution in [0.15, 0.2) is 84.9 Å². The molecule has 1 saturated heterocycles. The third kappa shape index (κ3) is 5.18. The smallest absolute Gasteiger partial charge is 0.255 e. The topological polar surface area (TPSA) is 44.8 Å². The number of piperidine rings is 1. The maximum atomic E-state index is 12.9. The molecule has 2 aliphatic heterocycles. The Labute approximate surface area is 215 Å². The standard InChI is InChI=1S/C31H37N3O2/c1-2-3-24-36-31(26-14-8-5-9-15-26)18-20-33(21-19-31)22-23-34-28-17-11-10-16-27(28)30(35)32-29(34)25-12-6-4-7-13-25/h4-17,29H,2-3,18-24H2,1H3,(H,32,35). The molecule has 0 bridgehead atoms. The number of carbonyl (C=O) groups is 1. The second-order valence-corrected chi connectivity index (χ2v) is 9.90. The highest BCUT2D eigenvalue weighted by atomic mass is 16.5. The van der Waals surface area contributed by atoms with E-state index in [-0.39, 0.29) is 17.7 Å². The molecule has 5 heteroatoms. The first kappa shape index (κ1) is 24.5. The highest BCUT2D eigenvalue weighted by Gasteiger charge is 2.38. The Morgan fingerprint density at radius 3 is 2.28 bits per heavy atom. The molecule has 5 rings (SSSR count). The molecular weight excluding hydrogens is 446 g/mol. The Balaban J connectivity index is 1.30. The van der Waals surface area contributed by atoms with E-state index in [1.807, 2.05) is 36.4 Å². The van der Waals surface area contributed by atoms with Crippen molar-refractivity contribution >= 4 is 11.6 Å². The average molecular weight is 484 g/mol. The minimum absolute atomic E-state index is 0.00875. The lowest BCUT2D eigenvalue weighted by Gasteiger charge is -2.44.